The van der Waals surface area contributed by atoms with Gasteiger partial charge in [0.2, 0.25) is 0 Å². The van der Waals surface area contributed by atoms with E-state index in [-0.39, 0.29) is 11.3 Å². The van der Waals surface area contributed by atoms with E-state index in [0.717, 1.165) is 52.5 Å². The minimum Gasteiger partial charge on any atom is -0.489 e. The van der Waals surface area contributed by atoms with Gasteiger partial charge in [-0.3, -0.25) is 4.79 Å². The zero-order valence-corrected chi connectivity index (χ0v) is 23.9. The first kappa shape index (κ1) is 27.4. The highest BCUT2D eigenvalue weighted by atomic mass is 32.1. The van der Waals surface area contributed by atoms with Crippen LogP contribution < -0.4 is 10.1 Å². The number of carbonyl (C=O) groups excluding carboxylic acids is 1. The minimum atomic E-state index is -0.109. The Kier molecular flexibility index (Phi) is 8.18. The van der Waals surface area contributed by atoms with Crippen LogP contribution in [-0.2, 0) is 26.0 Å². The summed E-state index contributed by atoms with van der Waals surface area (Å²) in [7, 11) is 0. The van der Waals surface area contributed by atoms with Crippen molar-refractivity contribution in [3.05, 3.63) is 105 Å². The zero-order chi connectivity index (χ0) is 28.1. The van der Waals surface area contributed by atoms with Gasteiger partial charge in [-0.25, -0.2) is 4.99 Å². The third-order valence-corrected chi connectivity index (χ3v) is 8.56. The summed E-state index contributed by atoms with van der Waals surface area (Å²) in [5, 5.41) is 12.7. The summed E-state index contributed by atoms with van der Waals surface area (Å²) in [6.07, 6.45) is 6.35. The van der Waals surface area contributed by atoms with Crippen LogP contribution in [-0.4, -0.2) is 12.1 Å². The predicted molar refractivity (Wildman–Crippen MR) is 158 cm³/mol. The number of thiophene rings is 1. The fraction of sp³-hybridized carbons (Fsp3) is 0.303. The van der Waals surface area contributed by atoms with Crippen LogP contribution in [0.4, 0.5) is 5.00 Å². The van der Waals surface area contributed by atoms with Crippen molar-refractivity contribution in [1.29, 1.82) is 5.26 Å². The third kappa shape index (κ3) is 6.52. The average Bonchev–Trinajstić information content (AvgIpc) is 3.61. The molecule has 1 N–H and O–H groups in total. The van der Waals surface area contributed by atoms with Gasteiger partial charge in [0.1, 0.15) is 23.1 Å². The monoisotopic (exact) mass is 551 g/mol. The molecular weight excluding hydrogens is 518 g/mol. The lowest BCUT2D eigenvalue weighted by Gasteiger charge is -2.33. The number of aliphatic imine (C=N–C) groups is 1. The van der Waals surface area contributed by atoms with Crippen LogP contribution >= 0.6 is 11.3 Å². The number of benzene rings is 2. The number of hydrogen-bond donors (Lipinski definition) is 1. The Morgan fingerprint density at radius 1 is 1.18 bits per heavy atom. The second-order valence-electron chi connectivity index (χ2n) is 11.2. The summed E-state index contributed by atoms with van der Waals surface area (Å²) in [6.45, 7) is 7.65. The van der Waals surface area contributed by atoms with Crippen molar-refractivity contribution in [1.82, 2.24) is 5.32 Å². The smallest absolute Gasteiger partial charge is 0.255 e. The third-order valence-electron chi connectivity index (χ3n) is 7.40. The summed E-state index contributed by atoms with van der Waals surface area (Å²) in [5.41, 5.74) is 4.60. The lowest BCUT2D eigenvalue weighted by molar-refractivity contribution is 0.0947. The Morgan fingerprint density at radius 3 is 2.62 bits per heavy atom. The maximum absolute atomic E-state index is 13.4. The minimum absolute atomic E-state index is 0.109. The fourth-order valence-electron chi connectivity index (χ4n) is 4.93. The van der Waals surface area contributed by atoms with Gasteiger partial charge in [0.15, 0.2) is 0 Å². The summed E-state index contributed by atoms with van der Waals surface area (Å²) in [4.78, 5) is 19.5. The van der Waals surface area contributed by atoms with Gasteiger partial charge in [-0.05, 0) is 95.8 Å². The van der Waals surface area contributed by atoms with Gasteiger partial charge in [-0.2, -0.15) is 5.26 Å². The van der Waals surface area contributed by atoms with E-state index in [1.807, 2.05) is 54.7 Å². The number of nitrogens with zero attached hydrogens (tertiary/aromatic N) is 2. The van der Waals surface area contributed by atoms with E-state index in [4.69, 9.17) is 19.4 Å². The molecule has 7 heteroatoms. The summed E-state index contributed by atoms with van der Waals surface area (Å²) >= 11 is 1.64. The molecule has 0 radical (unpaired) electrons. The molecular formula is C33H33N3O3S. The van der Waals surface area contributed by atoms with E-state index in [0.29, 0.717) is 30.2 Å². The van der Waals surface area contributed by atoms with Crippen molar-refractivity contribution in [3.8, 4) is 11.8 Å². The number of hydrogen-bond acceptors (Lipinski definition) is 6. The lowest BCUT2D eigenvalue weighted by Crippen LogP contribution is -2.28. The van der Waals surface area contributed by atoms with Gasteiger partial charge in [-0.15, -0.1) is 11.3 Å². The Hall–Kier alpha value is -4.15. The van der Waals surface area contributed by atoms with Crippen LogP contribution in [0.2, 0.25) is 0 Å². The Morgan fingerprint density at radius 2 is 1.95 bits per heavy atom. The molecule has 0 fully saturated rings. The Labute approximate surface area is 239 Å². The highest BCUT2D eigenvalue weighted by Crippen LogP contribution is 2.45. The molecule has 4 aromatic rings. The molecule has 0 bridgehead atoms. The van der Waals surface area contributed by atoms with Gasteiger partial charge in [0.05, 0.1) is 30.0 Å². The SMILES string of the molecule is CC(C)(C)[C@@H]1CCc2c(sc(N=Cc3ccc(OCc4ccc(C#N)cc4)cc3)c2C(=O)NCc2ccco2)C1. The predicted octanol–water partition coefficient (Wildman–Crippen LogP) is 7.62. The van der Waals surface area contributed by atoms with Gasteiger partial charge < -0.3 is 14.5 Å². The van der Waals surface area contributed by atoms with Crippen LogP contribution in [0.3, 0.4) is 0 Å². The van der Waals surface area contributed by atoms with Gasteiger partial charge in [-0.1, -0.05) is 32.9 Å². The van der Waals surface area contributed by atoms with Gasteiger partial charge >= 0.3 is 0 Å². The standard InChI is InChI=1S/C33H33N3O3S/c1-33(2,3)25-12-15-28-29(17-25)40-32(30(28)31(37)35-20-27-5-4-16-38-27)36-19-23-10-13-26(14-11-23)39-21-24-8-6-22(18-34)7-9-24/h4-11,13-14,16,19,25H,12,15,17,20-21H2,1-3H3,(H,35,37)/t25-/m1/s1. The quantitative estimate of drug-likeness (QED) is 0.228. The number of ether oxygens (including phenoxy) is 1. The van der Waals surface area contributed by atoms with E-state index in [9.17, 15) is 4.79 Å². The zero-order valence-electron chi connectivity index (χ0n) is 23.1. The lowest BCUT2D eigenvalue weighted by atomic mass is 9.72. The molecule has 1 amide bonds. The van der Waals surface area contributed by atoms with Crippen LogP contribution in [0.1, 0.15) is 70.4 Å². The number of nitrogens with one attached hydrogen (secondary N) is 1. The van der Waals surface area contributed by atoms with Gasteiger partial charge in [0.25, 0.3) is 5.91 Å². The van der Waals surface area contributed by atoms with Crippen LogP contribution in [0.25, 0.3) is 0 Å². The van der Waals surface area contributed by atoms with E-state index in [1.165, 1.54) is 4.88 Å². The fourth-order valence-corrected chi connectivity index (χ4v) is 6.20. The topological polar surface area (TPSA) is 87.6 Å². The number of amides is 1. The molecule has 0 saturated carbocycles. The van der Waals surface area contributed by atoms with Crippen molar-refractivity contribution in [3.63, 3.8) is 0 Å². The maximum Gasteiger partial charge on any atom is 0.255 e. The number of nitriles is 1. The molecule has 1 atom stereocenters. The first-order valence-electron chi connectivity index (χ1n) is 13.5. The summed E-state index contributed by atoms with van der Waals surface area (Å²) in [6, 6.07) is 20.9. The molecule has 2 aromatic heterocycles. The first-order valence-corrected chi connectivity index (χ1v) is 14.3. The van der Waals surface area contributed by atoms with Crippen molar-refractivity contribution in [2.45, 2.75) is 53.2 Å². The second-order valence-corrected chi connectivity index (χ2v) is 12.3. The molecule has 6 nitrogen and oxygen atoms in total. The Bertz CT molecular complexity index is 1520. The van der Waals surface area contributed by atoms with Crippen LogP contribution in [0.15, 0.2) is 76.3 Å². The normalized spacial score (nSPS) is 15.0. The van der Waals surface area contributed by atoms with Crippen molar-refractivity contribution in [2.75, 3.05) is 0 Å². The highest BCUT2D eigenvalue weighted by molar-refractivity contribution is 7.16. The van der Waals surface area contributed by atoms with E-state index in [1.54, 1.807) is 29.7 Å². The molecule has 0 saturated heterocycles. The molecule has 2 aromatic carbocycles. The second kappa shape index (κ2) is 11.9. The first-order chi connectivity index (χ1) is 19.3. The number of fused-ring (bicyclic) bond motifs is 1. The largest absolute Gasteiger partial charge is 0.489 e. The van der Waals surface area contributed by atoms with Gasteiger partial charge in [0, 0.05) is 11.1 Å². The van der Waals surface area contributed by atoms with Crippen LogP contribution in [0.5, 0.6) is 5.75 Å². The number of carbonyl (C=O) groups is 1. The van der Waals surface area contributed by atoms with Crippen molar-refractivity contribution < 1.29 is 13.9 Å². The van der Waals surface area contributed by atoms with Crippen LogP contribution in [0, 0.1) is 22.7 Å². The van der Waals surface area contributed by atoms with E-state index >= 15 is 0 Å². The highest BCUT2D eigenvalue weighted by Gasteiger charge is 2.33. The molecule has 40 heavy (non-hydrogen) atoms. The average molecular weight is 552 g/mol. The van der Waals surface area contributed by atoms with E-state index < -0.39 is 0 Å². The Balaban J connectivity index is 1.32. The molecule has 2 heterocycles. The molecule has 5 rings (SSSR count). The molecule has 0 unspecified atom stereocenters. The molecule has 0 spiro atoms. The number of rotatable bonds is 8. The van der Waals surface area contributed by atoms with E-state index in [2.05, 4.69) is 32.2 Å². The maximum atomic E-state index is 13.4. The molecule has 204 valence electrons. The summed E-state index contributed by atoms with van der Waals surface area (Å²) in [5.74, 6) is 1.93. The number of furan rings is 1. The van der Waals surface area contributed by atoms with Crippen molar-refractivity contribution in [2.24, 2.45) is 16.3 Å². The molecule has 1 aliphatic rings. The molecule has 1 aliphatic carbocycles. The summed E-state index contributed by atoms with van der Waals surface area (Å²) < 4.78 is 11.3. The molecule has 0 aliphatic heterocycles. The van der Waals surface area contributed by atoms with Crippen molar-refractivity contribution >= 4 is 28.5 Å².